The minimum atomic E-state index is -0.0305. The zero-order chi connectivity index (χ0) is 16.9. The predicted molar refractivity (Wildman–Crippen MR) is 96.9 cm³/mol. The number of aromatic nitrogens is 1. The SMILES string of the molecule is Cn1cc(Cl)cc1C(=O)N(Cc1ccccc1)Cc1ccccc1. The van der Waals surface area contributed by atoms with Gasteiger partial charge < -0.3 is 9.47 Å². The molecule has 0 spiro atoms. The summed E-state index contributed by atoms with van der Waals surface area (Å²) in [4.78, 5) is 14.9. The highest BCUT2D eigenvalue weighted by molar-refractivity contribution is 6.31. The monoisotopic (exact) mass is 338 g/mol. The van der Waals surface area contributed by atoms with Crippen LogP contribution in [-0.4, -0.2) is 15.4 Å². The van der Waals surface area contributed by atoms with Crippen LogP contribution < -0.4 is 0 Å². The number of halogens is 1. The third-order valence-electron chi connectivity index (χ3n) is 3.91. The summed E-state index contributed by atoms with van der Waals surface area (Å²) in [7, 11) is 1.84. The molecular weight excluding hydrogens is 320 g/mol. The Hall–Kier alpha value is -2.52. The van der Waals surface area contributed by atoms with Crippen molar-refractivity contribution in [2.75, 3.05) is 0 Å². The van der Waals surface area contributed by atoms with Crippen LogP contribution in [0.25, 0.3) is 0 Å². The van der Waals surface area contributed by atoms with E-state index in [0.717, 1.165) is 11.1 Å². The number of benzene rings is 2. The van der Waals surface area contributed by atoms with Crippen molar-refractivity contribution in [3.8, 4) is 0 Å². The molecule has 0 fully saturated rings. The second-order valence-corrected chi connectivity index (χ2v) is 6.22. The van der Waals surface area contributed by atoms with Crippen LogP contribution in [-0.2, 0) is 20.1 Å². The average Bonchev–Trinajstić information content (AvgIpc) is 2.94. The molecule has 4 heteroatoms. The maximum absolute atomic E-state index is 13.0. The molecule has 122 valence electrons. The Balaban J connectivity index is 1.89. The second-order valence-electron chi connectivity index (χ2n) is 5.79. The third-order valence-corrected chi connectivity index (χ3v) is 4.12. The molecule has 3 aromatic rings. The highest BCUT2D eigenvalue weighted by Gasteiger charge is 2.19. The standard InChI is InChI=1S/C20H19ClN2O/c1-22-15-18(21)12-19(22)20(24)23(13-16-8-4-2-5-9-16)14-17-10-6-3-7-11-17/h2-12,15H,13-14H2,1H3. The summed E-state index contributed by atoms with van der Waals surface area (Å²) in [5.41, 5.74) is 2.79. The van der Waals surface area contributed by atoms with Crippen LogP contribution in [0.1, 0.15) is 21.6 Å². The van der Waals surface area contributed by atoms with E-state index in [2.05, 4.69) is 0 Å². The number of hydrogen-bond donors (Lipinski definition) is 0. The fraction of sp³-hybridized carbons (Fsp3) is 0.150. The summed E-state index contributed by atoms with van der Waals surface area (Å²) in [6, 6.07) is 21.7. The largest absolute Gasteiger partial charge is 0.345 e. The minimum Gasteiger partial charge on any atom is -0.345 e. The van der Waals surface area contributed by atoms with Gasteiger partial charge in [-0.25, -0.2) is 0 Å². The molecule has 0 aliphatic rings. The molecule has 0 aliphatic heterocycles. The maximum Gasteiger partial charge on any atom is 0.271 e. The molecule has 0 atom stereocenters. The van der Waals surface area contributed by atoms with Gasteiger partial charge in [0.05, 0.1) is 5.02 Å². The van der Waals surface area contributed by atoms with E-state index in [1.165, 1.54) is 0 Å². The molecule has 2 aromatic carbocycles. The van der Waals surface area contributed by atoms with E-state index in [4.69, 9.17) is 11.6 Å². The van der Waals surface area contributed by atoms with Gasteiger partial charge in [0.25, 0.3) is 5.91 Å². The molecule has 0 saturated heterocycles. The molecule has 0 aliphatic carbocycles. The van der Waals surface area contributed by atoms with Crippen molar-refractivity contribution >= 4 is 17.5 Å². The Morgan fingerprint density at radius 1 is 0.958 bits per heavy atom. The summed E-state index contributed by atoms with van der Waals surface area (Å²) in [6.45, 7) is 1.11. The van der Waals surface area contributed by atoms with Crippen LogP contribution in [0.2, 0.25) is 5.02 Å². The van der Waals surface area contributed by atoms with Crippen LogP contribution >= 0.6 is 11.6 Å². The van der Waals surface area contributed by atoms with Gasteiger partial charge in [-0.3, -0.25) is 4.79 Å². The quantitative estimate of drug-likeness (QED) is 0.671. The summed E-state index contributed by atoms with van der Waals surface area (Å²) in [5.74, 6) is -0.0305. The number of hydrogen-bond acceptors (Lipinski definition) is 1. The fourth-order valence-corrected chi connectivity index (χ4v) is 2.96. The van der Waals surface area contributed by atoms with Crippen molar-refractivity contribution in [3.05, 3.63) is 94.8 Å². The van der Waals surface area contributed by atoms with Gasteiger partial charge in [0.2, 0.25) is 0 Å². The molecule has 0 N–H and O–H groups in total. The van der Waals surface area contributed by atoms with E-state index in [9.17, 15) is 4.79 Å². The zero-order valence-electron chi connectivity index (χ0n) is 13.5. The van der Waals surface area contributed by atoms with Crippen LogP contribution in [0.3, 0.4) is 0 Å². The van der Waals surface area contributed by atoms with Crippen molar-refractivity contribution in [2.24, 2.45) is 7.05 Å². The lowest BCUT2D eigenvalue weighted by molar-refractivity contribution is 0.0720. The number of carbonyl (C=O) groups excluding carboxylic acids is 1. The van der Waals surface area contributed by atoms with Gasteiger partial charge in [0.1, 0.15) is 5.69 Å². The van der Waals surface area contributed by atoms with Crippen molar-refractivity contribution in [3.63, 3.8) is 0 Å². The van der Waals surface area contributed by atoms with Gasteiger partial charge in [0.15, 0.2) is 0 Å². The average molecular weight is 339 g/mol. The van der Waals surface area contributed by atoms with Crippen LogP contribution in [0.5, 0.6) is 0 Å². The van der Waals surface area contributed by atoms with Gasteiger partial charge in [0, 0.05) is 26.3 Å². The van der Waals surface area contributed by atoms with Gasteiger partial charge in [-0.2, -0.15) is 0 Å². The van der Waals surface area contributed by atoms with E-state index in [0.29, 0.717) is 23.8 Å². The number of aryl methyl sites for hydroxylation is 1. The number of rotatable bonds is 5. The summed E-state index contributed by atoms with van der Waals surface area (Å²) in [6.07, 6.45) is 1.75. The molecule has 3 nitrogen and oxygen atoms in total. The first-order valence-electron chi connectivity index (χ1n) is 7.82. The summed E-state index contributed by atoms with van der Waals surface area (Å²) in [5, 5.41) is 0.570. The molecule has 1 aromatic heterocycles. The normalized spacial score (nSPS) is 10.6. The number of nitrogens with zero attached hydrogens (tertiary/aromatic N) is 2. The number of carbonyl (C=O) groups is 1. The van der Waals surface area contributed by atoms with E-state index in [1.807, 2.05) is 72.6 Å². The van der Waals surface area contributed by atoms with Crippen LogP contribution in [0.4, 0.5) is 0 Å². The highest BCUT2D eigenvalue weighted by Crippen LogP contribution is 2.18. The Kier molecular flexibility index (Phi) is 5.02. The molecule has 0 saturated carbocycles. The van der Waals surface area contributed by atoms with Gasteiger partial charge in [-0.05, 0) is 17.2 Å². The third kappa shape index (κ3) is 3.87. The van der Waals surface area contributed by atoms with Gasteiger partial charge in [-0.15, -0.1) is 0 Å². The van der Waals surface area contributed by atoms with Crippen molar-refractivity contribution in [1.82, 2.24) is 9.47 Å². The number of amides is 1. The Morgan fingerprint density at radius 2 is 1.46 bits per heavy atom. The summed E-state index contributed by atoms with van der Waals surface area (Å²) >= 11 is 6.04. The van der Waals surface area contributed by atoms with E-state index < -0.39 is 0 Å². The van der Waals surface area contributed by atoms with E-state index in [1.54, 1.807) is 16.8 Å². The molecule has 1 heterocycles. The summed E-state index contributed by atoms with van der Waals surface area (Å²) < 4.78 is 1.77. The lowest BCUT2D eigenvalue weighted by Gasteiger charge is -2.23. The smallest absolute Gasteiger partial charge is 0.271 e. The Morgan fingerprint density at radius 3 is 1.88 bits per heavy atom. The molecular formula is C20H19ClN2O. The first-order valence-corrected chi connectivity index (χ1v) is 8.20. The first-order chi connectivity index (χ1) is 11.6. The Labute approximate surface area is 147 Å². The van der Waals surface area contributed by atoms with Gasteiger partial charge in [-0.1, -0.05) is 72.3 Å². The highest BCUT2D eigenvalue weighted by atomic mass is 35.5. The van der Waals surface area contributed by atoms with E-state index in [-0.39, 0.29) is 5.91 Å². The maximum atomic E-state index is 13.0. The van der Waals surface area contributed by atoms with Crippen molar-refractivity contribution in [1.29, 1.82) is 0 Å². The molecule has 0 unspecified atom stereocenters. The van der Waals surface area contributed by atoms with Gasteiger partial charge >= 0.3 is 0 Å². The van der Waals surface area contributed by atoms with E-state index >= 15 is 0 Å². The topological polar surface area (TPSA) is 25.2 Å². The predicted octanol–water partition coefficient (Wildman–Crippen LogP) is 4.52. The lowest BCUT2D eigenvalue weighted by Crippen LogP contribution is -2.31. The van der Waals surface area contributed by atoms with Crippen LogP contribution in [0, 0.1) is 0 Å². The fourth-order valence-electron chi connectivity index (χ4n) is 2.71. The molecule has 0 bridgehead atoms. The molecule has 1 amide bonds. The Bertz CT molecular complexity index is 771. The van der Waals surface area contributed by atoms with Crippen LogP contribution in [0.15, 0.2) is 72.9 Å². The first kappa shape index (κ1) is 16.3. The zero-order valence-corrected chi connectivity index (χ0v) is 14.3. The lowest BCUT2D eigenvalue weighted by atomic mass is 10.1. The van der Waals surface area contributed by atoms with Crippen molar-refractivity contribution < 1.29 is 4.79 Å². The molecule has 24 heavy (non-hydrogen) atoms. The molecule has 0 radical (unpaired) electrons. The second kappa shape index (κ2) is 7.37. The van der Waals surface area contributed by atoms with Crippen molar-refractivity contribution in [2.45, 2.75) is 13.1 Å². The minimum absolute atomic E-state index is 0.0305. The molecule has 3 rings (SSSR count).